The van der Waals surface area contributed by atoms with Crippen molar-refractivity contribution in [1.82, 2.24) is 4.72 Å². The highest BCUT2D eigenvalue weighted by Crippen LogP contribution is 2.25. The molecule has 1 unspecified atom stereocenters. The van der Waals surface area contributed by atoms with E-state index in [1.54, 1.807) is 19.2 Å². The van der Waals surface area contributed by atoms with Crippen molar-refractivity contribution in [2.45, 2.75) is 25.6 Å². The lowest BCUT2D eigenvalue weighted by Gasteiger charge is -2.23. The number of sulfonamides is 1. The number of nitrogens with one attached hydrogen (secondary N) is 1. The number of nitro benzene ring substituents is 1. The third-order valence-electron chi connectivity index (χ3n) is 3.95. The van der Waals surface area contributed by atoms with Gasteiger partial charge < -0.3 is 4.74 Å². The summed E-state index contributed by atoms with van der Waals surface area (Å²) in [6.07, 6.45) is 0. The van der Waals surface area contributed by atoms with Crippen LogP contribution in [-0.4, -0.2) is 20.5 Å². The molecule has 26 heavy (non-hydrogen) atoms. The fourth-order valence-corrected chi connectivity index (χ4v) is 4.08. The van der Waals surface area contributed by atoms with Crippen LogP contribution in [0, 0.1) is 16.0 Å². The summed E-state index contributed by atoms with van der Waals surface area (Å²) in [6, 6.07) is 12.4. The minimum Gasteiger partial charge on any atom is -0.497 e. The van der Waals surface area contributed by atoms with E-state index in [0.717, 1.165) is 5.56 Å². The summed E-state index contributed by atoms with van der Waals surface area (Å²) in [5.41, 5.74) is 1.26. The minimum atomic E-state index is -3.63. The van der Waals surface area contributed by atoms with Crippen molar-refractivity contribution >= 4 is 15.7 Å². The van der Waals surface area contributed by atoms with Crippen LogP contribution in [0.1, 0.15) is 31.0 Å². The summed E-state index contributed by atoms with van der Waals surface area (Å²) in [6.45, 7) is 3.87. The number of nitrogens with zero attached hydrogens (tertiary/aromatic N) is 1. The highest BCUT2D eigenvalue weighted by molar-refractivity contribution is 7.88. The molecule has 0 heterocycles. The van der Waals surface area contributed by atoms with E-state index in [4.69, 9.17) is 4.74 Å². The maximum atomic E-state index is 12.6. The summed E-state index contributed by atoms with van der Waals surface area (Å²) in [4.78, 5) is 10.2. The average Bonchev–Trinajstić information content (AvgIpc) is 2.60. The van der Waals surface area contributed by atoms with E-state index < -0.39 is 14.9 Å². The molecule has 0 saturated heterocycles. The first kappa shape index (κ1) is 19.9. The second kappa shape index (κ2) is 8.29. The topological polar surface area (TPSA) is 98.5 Å². The molecule has 1 N–H and O–H groups in total. The maximum Gasteiger partial charge on any atom is 0.269 e. The van der Waals surface area contributed by atoms with Crippen molar-refractivity contribution in [2.24, 2.45) is 5.92 Å². The fraction of sp³-hybridized carbons (Fsp3) is 0.333. The van der Waals surface area contributed by atoms with Gasteiger partial charge in [-0.15, -0.1) is 0 Å². The van der Waals surface area contributed by atoms with E-state index in [2.05, 4.69) is 4.72 Å². The average molecular weight is 378 g/mol. The Morgan fingerprint density at radius 2 is 1.65 bits per heavy atom. The van der Waals surface area contributed by atoms with Gasteiger partial charge in [0.2, 0.25) is 10.0 Å². The summed E-state index contributed by atoms with van der Waals surface area (Å²) < 4.78 is 33.0. The second-order valence-electron chi connectivity index (χ2n) is 6.30. The van der Waals surface area contributed by atoms with Crippen molar-refractivity contribution in [1.29, 1.82) is 0 Å². The van der Waals surface area contributed by atoms with Crippen LogP contribution in [0.2, 0.25) is 0 Å². The first-order valence-corrected chi connectivity index (χ1v) is 9.74. The molecule has 0 bridgehead atoms. The Morgan fingerprint density at radius 1 is 1.08 bits per heavy atom. The van der Waals surface area contributed by atoms with Crippen LogP contribution in [0.5, 0.6) is 5.75 Å². The summed E-state index contributed by atoms with van der Waals surface area (Å²) in [7, 11) is -2.06. The zero-order valence-corrected chi connectivity index (χ0v) is 15.7. The molecule has 2 aromatic rings. The van der Waals surface area contributed by atoms with Gasteiger partial charge in [-0.2, -0.15) is 0 Å². The lowest BCUT2D eigenvalue weighted by atomic mass is 9.97. The van der Waals surface area contributed by atoms with Crippen LogP contribution >= 0.6 is 0 Å². The molecule has 0 saturated carbocycles. The summed E-state index contributed by atoms with van der Waals surface area (Å²) in [5, 5.41) is 10.7. The van der Waals surface area contributed by atoms with E-state index in [1.165, 1.54) is 24.3 Å². The summed E-state index contributed by atoms with van der Waals surface area (Å²) in [5.74, 6) is 0.490. The van der Waals surface area contributed by atoms with Crippen LogP contribution in [0.25, 0.3) is 0 Å². The van der Waals surface area contributed by atoms with Gasteiger partial charge in [0.15, 0.2) is 0 Å². The largest absolute Gasteiger partial charge is 0.497 e. The van der Waals surface area contributed by atoms with Crippen molar-refractivity contribution in [3.05, 3.63) is 69.8 Å². The first-order valence-electron chi connectivity index (χ1n) is 8.09. The quantitative estimate of drug-likeness (QED) is 0.560. The minimum absolute atomic E-state index is 0.0371. The van der Waals surface area contributed by atoms with Gasteiger partial charge in [-0.05, 0) is 29.2 Å². The number of methoxy groups -OCH3 is 1. The van der Waals surface area contributed by atoms with Gasteiger partial charge in [-0.3, -0.25) is 10.1 Å². The van der Waals surface area contributed by atoms with Crippen molar-refractivity contribution in [2.75, 3.05) is 7.11 Å². The first-order chi connectivity index (χ1) is 12.2. The zero-order valence-electron chi connectivity index (χ0n) is 14.9. The molecule has 0 aliphatic rings. The van der Waals surface area contributed by atoms with Crippen LogP contribution in [0.4, 0.5) is 5.69 Å². The molecule has 1 atom stereocenters. The Bertz CT molecular complexity index is 846. The van der Waals surface area contributed by atoms with Gasteiger partial charge in [-0.1, -0.05) is 38.1 Å². The van der Waals surface area contributed by atoms with Gasteiger partial charge in [-0.25, -0.2) is 13.1 Å². The molecule has 0 aliphatic carbocycles. The van der Waals surface area contributed by atoms with Gasteiger partial charge >= 0.3 is 0 Å². The van der Waals surface area contributed by atoms with Crippen molar-refractivity contribution in [3.8, 4) is 5.75 Å². The predicted octanol–water partition coefficient (Wildman–Crippen LogP) is 3.42. The molecule has 140 valence electrons. The Kier molecular flexibility index (Phi) is 6.33. The normalized spacial score (nSPS) is 12.8. The van der Waals surface area contributed by atoms with Crippen LogP contribution in [0.15, 0.2) is 48.5 Å². The molecule has 0 spiro atoms. The smallest absolute Gasteiger partial charge is 0.269 e. The van der Waals surface area contributed by atoms with Gasteiger partial charge in [0.05, 0.1) is 17.8 Å². The van der Waals surface area contributed by atoms with Gasteiger partial charge in [0.25, 0.3) is 5.69 Å². The van der Waals surface area contributed by atoms with Crippen LogP contribution in [0.3, 0.4) is 0 Å². The molecular weight excluding hydrogens is 356 g/mol. The van der Waals surface area contributed by atoms with Crippen molar-refractivity contribution in [3.63, 3.8) is 0 Å². The van der Waals surface area contributed by atoms with E-state index in [1.807, 2.05) is 26.0 Å². The molecule has 0 radical (unpaired) electrons. The Balaban J connectivity index is 2.16. The molecule has 2 aromatic carbocycles. The number of hydrogen-bond acceptors (Lipinski definition) is 5. The number of nitro groups is 1. The molecule has 0 amide bonds. The Labute approximate surface area is 153 Å². The molecule has 8 heteroatoms. The Hall–Kier alpha value is -2.45. The lowest BCUT2D eigenvalue weighted by molar-refractivity contribution is -0.384. The standard InChI is InChI=1S/C18H22N2O5S/c1-13(2)18(15-6-10-17(25-3)11-7-15)19-26(23,24)12-14-4-8-16(9-5-14)20(21)22/h4-11,13,18-19H,12H2,1-3H3. The van der Waals surface area contributed by atoms with E-state index in [0.29, 0.717) is 11.3 Å². The molecular formula is C18H22N2O5S. The number of non-ortho nitro benzene ring substituents is 1. The number of hydrogen-bond donors (Lipinski definition) is 1. The van der Waals surface area contributed by atoms with Gasteiger partial charge in [0, 0.05) is 18.2 Å². The zero-order chi connectivity index (χ0) is 19.3. The van der Waals surface area contributed by atoms with E-state index in [9.17, 15) is 18.5 Å². The maximum absolute atomic E-state index is 12.6. The van der Waals surface area contributed by atoms with Crippen molar-refractivity contribution < 1.29 is 18.1 Å². The predicted molar refractivity (Wildman–Crippen MR) is 99.4 cm³/mol. The van der Waals surface area contributed by atoms with Crippen LogP contribution < -0.4 is 9.46 Å². The number of benzene rings is 2. The van der Waals surface area contributed by atoms with Crippen LogP contribution in [-0.2, 0) is 15.8 Å². The molecule has 7 nitrogen and oxygen atoms in total. The number of rotatable bonds is 8. The van der Waals surface area contributed by atoms with Gasteiger partial charge in [0.1, 0.15) is 5.75 Å². The second-order valence-corrected chi connectivity index (χ2v) is 8.05. The molecule has 0 aromatic heterocycles. The highest BCUT2D eigenvalue weighted by Gasteiger charge is 2.23. The monoisotopic (exact) mass is 378 g/mol. The third-order valence-corrected chi connectivity index (χ3v) is 5.28. The highest BCUT2D eigenvalue weighted by atomic mass is 32.2. The molecule has 2 rings (SSSR count). The Morgan fingerprint density at radius 3 is 2.12 bits per heavy atom. The third kappa shape index (κ3) is 5.27. The molecule has 0 aliphatic heterocycles. The number of ether oxygens (including phenoxy) is 1. The molecule has 0 fully saturated rings. The fourth-order valence-electron chi connectivity index (χ4n) is 2.57. The SMILES string of the molecule is COc1ccc(C(NS(=O)(=O)Cc2ccc([N+](=O)[O-])cc2)C(C)C)cc1. The lowest BCUT2D eigenvalue weighted by Crippen LogP contribution is -2.32. The summed E-state index contributed by atoms with van der Waals surface area (Å²) >= 11 is 0. The van der Waals surface area contributed by atoms with E-state index in [-0.39, 0.29) is 23.4 Å². The van der Waals surface area contributed by atoms with E-state index >= 15 is 0 Å².